The van der Waals surface area contributed by atoms with Crippen molar-refractivity contribution < 1.29 is 19.0 Å². The lowest BCUT2D eigenvalue weighted by Gasteiger charge is -2.07. The largest absolute Gasteiger partial charge is 0.399 e. The Morgan fingerprint density at radius 3 is 2.38 bits per heavy atom. The molecule has 0 heterocycles. The van der Waals surface area contributed by atoms with Gasteiger partial charge in [0.1, 0.15) is 0 Å². The van der Waals surface area contributed by atoms with Gasteiger partial charge < -0.3 is 25.3 Å². The summed E-state index contributed by atoms with van der Waals surface area (Å²) in [6.07, 6.45) is 1.19. The molecule has 1 aromatic carbocycles. The molecule has 0 unspecified atom stereocenters. The number of nitrogens with two attached hydrogens (primary N) is 1. The Labute approximate surface area is 125 Å². The van der Waals surface area contributed by atoms with E-state index < -0.39 is 0 Å². The minimum atomic E-state index is -0.0826. The monoisotopic (exact) mass is 296 g/mol. The summed E-state index contributed by atoms with van der Waals surface area (Å²) in [6.45, 7) is 2.76. The van der Waals surface area contributed by atoms with Crippen LogP contribution >= 0.6 is 0 Å². The van der Waals surface area contributed by atoms with Crippen LogP contribution in [0.2, 0.25) is 0 Å². The number of anilines is 2. The predicted molar refractivity (Wildman–Crippen MR) is 82.2 cm³/mol. The van der Waals surface area contributed by atoms with E-state index in [0.717, 1.165) is 12.1 Å². The molecule has 1 rings (SSSR count). The van der Waals surface area contributed by atoms with E-state index in [9.17, 15) is 4.79 Å². The van der Waals surface area contributed by atoms with Crippen molar-refractivity contribution in [1.29, 1.82) is 0 Å². The second kappa shape index (κ2) is 11.1. The van der Waals surface area contributed by atoms with Crippen molar-refractivity contribution in [3.8, 4) is 0 Å². The van der Waals surface area contributed by atoms with E-state index in [1.807, 2.05) is 0 Å². The van der Waals surface area contributed by atoms with E-state index in [1.54, 1.807) is 31.4 Å². The zero-order valence-corrected chi connectivity index (χ0v) is 12.5. The molecule has 6 nitrogen and oxygen atoms in total. The molecule has 0 fully saturated rings. The second-order valence-electron chi connectivity index (χ2n) is 4.49. The van der Waals surface area contributed by atoms with E-state index >= 15 is 0 Å². The van der Waals surface area contributed by atoms with Crippen LogP contribution in [-0.4, -0.2) is 46.1 Å². The lowest BCUT2D eigenvalue weighted by atomic mass is 10.3. The van der Waals surface area contributed by atoms with Gasteiger partial charge in [0.25, 0.3) is 0 Å². The van der Waals surface area contributed by atoms with Crippen LogP contribution in [0.15, 0.2) is 24.3 Å². The minimum Gasteiger partial charge on any atom is -0.399 e. The summed E-state index contributed by atoms with van der Waals surface area (Å²) < 4.78 is 15.6. The Balaban J connectivity index is 1.97. The number of amides is 1. The SMILES string of the molecule is COCCCOCCOCCC(=O)Nc1ccc(N)cc1. The number of rotatable bonds is 11. The fourth-order valence-corrected chi connectivity index (χ4v) is 1.58. The number of ether oxygens (including phenoxy) is 3. The minimum absolute atomic E-state index is 0.0826. The summed E-state index contributed by atoms with van der Waals surface area (Å²) in [5, 5.41) is 2.77. The third-order valence-corrected chi connectivity index (χ3v) is 2.68. The maximum absolute atomic E-state index is 11.6. The summed E-state index contributed by atoms with van der Waals surface area (Å²) in [4.78, 5) is 11.6. The Morgan fingerprint density at radius 1 is 1.05 bits per heavy atom. The molecule has 0 aliphatic carbocycles. The maximum atomic E-state index is 11.6. The van der Waals surface area contributed by atoms with Crippen molar-refractivity contribution >= 4 is 17.3 Å². The summed E-state index contributed by atoms with van der Waals surface area (Å²) in [5.41, 5.74) is 6.97. The third-order valence-electron chi connectivity index (χ3n) is 2.68. The zero-order valence-electron chi connectivity index (χ0n) is 12.5. The lowest BCUT2D eigenvalue weighted by Crippen LogP contribution is -2.15. The van der Waals surface area contributed by atoms with Crippen LogP contribution < -0.4 is 11.1 Å². The van der Waals surface area contributed by atoms with Crippen LogP contribution in [0.25, 0.3) is 0 Å². The van der Waals surface area contributed by atoms with E-state index in [0.29, 0.717) is 45.1 Å². The van der Waals surface area contributed by atoms with Gasteiger partial charge in [0.2, 0.25) is 5.91 Å². The van der Waals surface area contributed by atoms with E-state index in [2.05, 4.69) is 5.32 Å². The van der Waals surface area contributed by atoms with E-state index in [4.69, 9.17) is 19.9 Å². The first kappa shape index (κ1) is 17.4. The molecule has 0 saturated heterocycles. The highest BCUT2D eigenvalue weighted by Gasteiger charge is 2.02. The van der Waals surface area contributed by atoms with Crippen LogP contribution in [-0.2, 0) is 19.0 Å². The number of nitrogens with one attached hydrogen (secondary N) is 1. The Bertz CT molecular complexity index is 395. The van der Waals surface area contributed by atoms with Crippen molar-refractivity contribution in [2.24, 2.45) is 0 Å². The molecule has 0 atom stereocenters. The number of carbonyl (C=O) groups is 1. The molecule has 0 radical (unpaired) electrons. The molecule has 118 valence electrons. The highest BCUT2D eigenvalue weighted by atomic mass is 16.5. The summed E-state index contributed by atoms with van der Waals surface area (Å²) in [6, 6.07) is 7.02. The molecule has 3 N–H and O–H groups in total. The molecule has 0 saturated carbocycles. The highest BCUT2D eigenvalue weighted by Crippen LogP contribution is 2.10. The Kier molecular flexibility index (Phi) is 9.19. The number of hydrogen-bond acceptors (Lipinski definition) is 5. The van der Waals surface area contributed by atoms with Crippen molar-refractivity contribution in [2.45, 2.75) is 12.8 Å². The average Bonchev–Trinajstić information content (AvgIpc) is 2.48. The van der Waals surface area contributed by atoms with E-state index in [1.165, 1.54) is 0 Å². The second-order valence-corrected chi connectivity index (χ2v) is 4.49. The van der Waals surface area contributed by atoms with Gasteiger partial charge in [0, 0.05) is 31.7 Å². The van der Waals surface area contributed by atoms with Gasteiger partial charge in [-0.05, 0) is 30.7 Å². The fraction of sp³-hybridized carbons (Fsp3) is 0.533. The highest BCUT2D eigenvalue weighted by molar-refractivity contribution is 5.90. The number of methoxy groups -OCH3 is 1. The quantitative estimate of drug-likeness (QED) is 0.479. The molecule has 0 bridgehead atoms. The summed E-state index contributed by atoms with van der Waals surface area (Å²) >= 11 is 0. The van der Waals surface area contributed by atoms with Gasteiger partial charge in [-0.3, -0.25) is 4.79 Å². The van der Waals surface area contributed by atoms with Crippen molar-refractivity contribution in [3.05, 3.63) is 24.3 Å². The van der Waals surface area contributed by atoms with Crippen LogP contribution in [0.3, 0.4) is 0 Å². The first-order valence-electron chi connectivity index (χ1n) is 7.02. The molecule has 0 spiro atoms. The molecule has 0 aromatic heterocycles. The predicted octanol–water partition coefficient (Wildman–Crippen LogP) is 1.67. The zero-order chi connectivity index (χ0) is 15.3. The van der Waals surface area contributed by atoms with Crippen LogP contribution in [0, 0.1) is 0 Å². The number of carbonyl (C=O) groups excluding carboxylic acids is 1. The molecule has 1 aromatic rings. The topological polar surface area (TPSA) is 82.8 Å². The van der Waals surface area contributed by atoms with Gasteiger partial charge in [-0.25, -0.2) is 0 Å². The standard InChI is InChI=1S/C15H24N2O4/c1-19-8-2-9-20-11-12-21-10-7-15(18)17-14-5-3-13(16)4-6-14/h3-6H,2,7-12,16H2,1H3,(H,17,18). The third kappa shape index (κ3) is 9.01. The number of nitrogen functional groups attached to an aromatic ring is 1. The first-order valence-corrected chi connectivity index (χ1v) is 7.02. The van der Waals surface area contributed by atoms with Crippen LogP contribution in [0.1, 0.15) is 12.8 Å². The molecule has 0 aliphatic rings. The molecular formula is C15H24N2O4. The van der Waals surface area contributed by atoms with Gasteiger partial charge in [-0.2, -0.15) is 0 Å². The molecule has 1 amide bonds. The molecular weight excluding hydrogens is 272 g/mol. The average molecular weight is 296 g/mol. The molecule has 0 aliphatic heterocycles. The molecule has 21 heavy (non-hydrogen) atoms. The first-order chi connectivity index (χ1) is 10.2. The van der Waals surface area contributed by atoms with Gasteiger partial charge in [-0.1, -0.05) is 0 Å². The van der Waals surface area contributed by atoms with Gasteiger partial charge >= 0.3 is 0 Å². The normalized spacial score (nSPS) is 10.5. The van der Waals surface area contributed by atoms with Crippen molar-refractivity contribution in [2.75, 3.05) is 51.2 Å². The maximum Gasteiger partial charge on any atom is 0.226 e. The van der Waals surface area contributed by atoms with Gasteiger partial charge in [-0.15, -0.1) is 0 Å². The Morgan fingerprint density at radius 2 is 1.71 bits per heavy atom. The number of hydrogen-bond donors (Lipinski definition) is 2. The summed E-state index contributed by atoms with van der Waals surface area (Å²) in [7, 11) is 1.67. The van der Waals surface area contributed by atoms with Gasteiger partial charge in [0.15, 0.2) is 0 Å². The Hall–Kier alpha value is -1.63. The molecule has 6 heteroatoms. The number of benzene rings is 1. The van der Waals surface area contributed by atoms with Crippen LogP contribution in [0.5, 0.6) is 0 Å². The van der Waals surface area contributed by atoms with Crippen LogP contribution in [0.4, 0.5) is 11.4 Å². The smallest absolute Gasteiger partial charge is 0.226 e. The van der Waals surface area contributed by atoms with Crippen molar-refractivity contribution in [3.63, 3.8) is 0 Å². The van der Waals surface area contributed by atoms with E-state index in [-0.39, 0.29) is 5.91 Å². The summed E-state index contributed by atoms with van der Waals surface area (Å²) in [5.74, 6) is -0.0826. The van der Waals surface area contributed by atoms with Crippen molar-refractivity contribution in [1.82, 2.24) is 0 Å². The lowest BCUT2D eigenvalue weighted by molar-refractivity contribution is -0.117. The fourth-order valence-electron chi connectivity index (χ4n) is 1.58. The van der Waals surface area contributed by atoms with Gasteiger partial charge in [0.05, 0.1) is 26.2 Å².